The van der Waals surface area contributed by atoms with Crippen LogP contribution in [0.25, 0.3) is 0 Å². The fraction of sp³-hybridized carbons (Fsp3) is 0.591. The molecule has 3 amide bonds. The van der Waals surface area contributed by atoms with Crippen molar-refractivity contribution in [1.29, 1.82) is 0 Å². The molecule has 1 aliphatic heterocycles. The molecule has 1 fully saturated rings. The fourth-order valence-corrected chi connectivity index (χ4v) is 3.14. The summed E-state index contributed by atoms with van der Waals surface area (Å²) in [5, 5.41) is 5.44. The van der Waals surface area contributed by atoms with Gasteiger partial charge in [0.2, 0.25) is 0 Å². The number of nitrogens with zero attached hydrogens (tertiary/aromatic N) is 1. The first-order valence-electron chi connectivity index (χ1n) is 10.3. The summed E-state index contributed by atoms with van der Waals surface area (Å²) in [7, 11) is 0. The van der Waals surface area contributed by atoms with E-state index < -0.39 is 23.6 Å². The van der Waals surface area contributed by atoms with Crippen LogP contribution in [0, 0.1) is 5.92 Å². The molecule has 2 atom stereocenters. The van der Waals surface area contributed by atoms with Crippen LogP contribution in [0.3, 0.4) is 0 Å². The maximum absolute atomic E-state index is 12.5. The lowest BCUT2D eigenvalue weighted by atomic mass is 9.99. The van der Waals surface area contributed by atoms with E-state index in [2.05, 4.69) is 10.6 Å². The quantitative estimate of drug-likeness (QED) is 0.707. The van der Waals surface area contributed by atoms with E-state index in [0.29, 0.717) is 11.3 Å². The molecule has 29 heavy (non-hydrogen) atoms. The molecule has 0 aliphatic carbocycles. The molecule has 1 aromatic rings. The number of amides is 3. The summed E-state index contributed by atoms with van der Waals surface area (Å²) in [5.74, 6) is -0.509. The summed E-state index contributed by atoms with van der Waals surface area (Å²) in [6.07, 6.45) is 2.80. The van der Waals surface area contributed by atoms with Gasteiger partial charge in [-0.15, -0.1) is 0 Å². The van der Waals surface area contributed by atoms with Gasteiger partial charge in [-0.25, -0.2) is 9.59 Å². The summed E-state index contributed by atoms with van der Waals surface area (Å²) >= 11 is 0. The van der Waals surface area contributed by atoms with E-state index in [1.807, 2.05) is 18.7 Å². The second-order valence-electron chi connectivity index (χ2n) is 8.57. The lowest BCUT2D eigenvalue weighted by Gasteiger charge is -2.27. The van der Waals surface area contributed by atoms with E-state index in [1.54, 1.807) is 45.0 Å². The highest BCUT2D eigenvalue weighted by molar-refractivity contribution is 5.96. The highest BCUT2D eigenvalue weighted by Crippen LogP contribution is 2.17. The number of urea groups is 1. The molecule has 7 heteroatoms. The molecule has 2 N–H and O–H groups in total. The van der Waals surface area contributed by atoms with Gasteiger partial charge in [-0.2, -0.15) is 0 Å². The smallest absolute Gasteiger partial charge is 0.329 e. The molecular formula is C22H33N3O4. The molecule has 160 valence electrons. The molecule has 0 unspecified atom stereocenters. The maximum atomic E-state index is 12.5. The number of esters is 1. The van der Waals surface area contributed by atoms with Crippen molar-refractivity contribution in [2.45, 2.75) is 65.5 Å². The minimum absolute atomic E-state index is 0.0141. The zero-order valence-electron chi connectivity index (χ0n) is 18.1. The third kappa shape index (κ3) is 6.76. The van der Waals surface area contributed by atoms with Crippen molar-refractivity contribution >= 4 is 23.6 Å². The Morgan fingerprint density at radius 2 is 1.69 bits per heavy atom. The molecule has 1 aromatic carbocycles. The van der Waals surface area contributed by atoms with E-state index in [9.17, 15) is 14.4 Å². The number of anilines is 1. The van der Waals surface area contributed by atoms with Crippen molar-refractivity contribution in [3.05, 3.63) is 29.8 Å². The van der Waals surface area contributed by atoms with Gasteiger partial charge >= 0.3 is 12.0 Å². The molecule has 0 radical (unpaired) electrons. The van der Waals surface area contributed by atoms with Gasteiger partial charge in [-0.1, -0.05) is 20.3 Å². The number of nitrogens with one attached hydrogen (secondary N) is 2. The Balaban J connectivity index is 1.98. The Morgan fingerprint density at radius 3 is 2.21 bits per heavy atom. The Morgan fingerprint density at radius 1 is 1.10 bits per heavy atom. The van der Waals surface area contributed by atoms with Crippen LogP contribution in [0.2, 0.25) is 0 Å². The molecule has 1 saturated heterocycles. The van der Waals surface area contributed by atoms with Crippen LogP contribution in [-0.4, -0.2) is 47.5 Å². The van der Waals surface area contributed by atoms with Crippen LogP contribution in [0.1, 0.15) is 64.2 Å². The average molecular weight is 404 g/mol. The number of carbonyl (C=O) groups excluding carboxylic acids is 3. The first-order chi connectivity index (χ1) is 13.6. The molecule has 0 aromatic heterocycles. The largest absolute Gasteiger partial charge is 0.458 e. The molecule has 0 bridgehead atoms. The van der Waals surface area contributed by atoms with E-state index in [4.69, 9.17) is 4.74 Å². The molecule has 2 rings (SSSR count). The third-order valence-corrected chi connectivity index (χ3v) is 4.94. The lowest BCUT2D eigenvalue weighted by molar-refractivity contribution is -0.158. The van der Waals surface area contributed by atoms with Gasteiger partial charge in [0.1, 0.15) is 11.6 Å². The number of hydrogen-bond acceptors (Lipinski definition) is 4. The van der Waals surface area contributed by atoms with Gasteiger partial charge < -0.3 is 20.3 Å². The number of carbonyl (C=O) groups is 3. The standard InChI is InChI=1S/C22H33N3O4/c1-6-15(2)18(20(27)29-22(3,4)5)24-21(28)23-17-11-9-16(10-12-17)19(26)25-13-7-8-14-25/h9-12,15,18H,6-8,13-14H2,1-5H3,(H2,23,24,28)/t15-,18-/m0/s1. The SMILES string of the molecule is CC[C@H](C)[C@H](NC(=O)Nc1ccc(C(=O)N2CCCC2)cc1)C(=O)OC(C)(C)C. The van der Waals surface area contributed by atoms with Gasteiger partial charge in [-0.3, -0.25) is 4.79 Å². The normalized spacial score (nSPS) is 16.1. The number of benzene rings is 1. The monoisotopic (exact) mass is 403 g/mol. The van der Waals surface area contributed by atoms with Gasteiger partial charge in [0.05, 0.1) is 0 Å². The van der Waals surface area contributed by atoms with E-state index in [1.165, 1.54) is 0 Å². The fourth-order valence-electron chi connectivity index (χ4n) is 3.14. The molecular weight excluding hydrogens is 370 g/mol. The number of ether oxygens (including phenoxy) is 1. The lowest BCUT2D eigenvalue weighted by Crippen LogP contribution is -2.49. The minimum atomic E-state index is -0.741. The highest BCUT2D eigenvalue weighted by atomic mass is 16.6. The number of rotatable bonds is 6. The van der Waals surface area contributed by atoms with Crippen molar-refractivity contribution in [3.63, 3.8) is 0 Å². The zero-order valence-corrected chi connectivity index (χ0v) is 18.1. The van der Waals surface area contributed by atoms with Gasteiger partial charge in [0.15, 0.2) is 0 Å². The Labute approximate surface area is 173 Å². The highest BCUT2D eigenvalue weighted by Gasteiger charge is 2.30. The predicted molar refractivity (Wildman–Crippen MR) is 113 cm³/mol. The van der Waals surface area contributed by atoms with Gasteiger partial charge in [0.25, 0.3) is 5.91 Å². The summed E-state index contributed by atoms with van der Waals surface area (Å²) in [4.78, 5) is 39.2. The summed E-state index contributed by atoms with van der Waals surface area (Å²) < 4.78 is 5.44. The predicted octanol–water partition coefficient (Wildman–Crippen LogP) is 3.80. The molecule has 0 spiro atoms. The van der Waals surface area contributed by atoms with Crippen LogP contribution >= 0.6 is 0 Å². The zero-order chi connectivity index (χ0) is 21.6. The summed E-state index contributed by atoms with van der Waals surface area (Å²) in [6.45, 7) is 10.8. The second kappa shape index (κ2) is 9.76. The minimum Gasteiger partial charge on any atom is -0.458 e. The first kappa shape index (κ1) is 22.7. The van der Waals surface area contributed by atoms with Crippen molar-refractivity contribution < 1.29 is 19.1 Å². The molecule has 0 saturated carbocycles. The average Bonchev–Trinajstić information content (AvgIpc) is 3.19. The summed E-state index contributed by atoms with van der Waals surface area (Å²) in [6, 6.07) is 5.56. The van der Waals surface area contributed by atoms with Gasteiger partial charge in [-0.05, 0) is 63.8 Å². The molecule has 1 heterocycles. The number of hydrogen-bond donors (Lipinski definition) is 2. The van der Waals surface area contributed by atoms with E-state index in [-0.39, 0.29) is 11.8 Å². The maximum Gasteiger partial charge on any atom is 0.329 e. The second-order valence-corrected chi connectivity index (χ2v) is 8.57. The molecule has 1 aliphatic rings. The van der Waals surface area contributed by atoms with Crippen LogP contribution < -0.4 is 10.6 Å². The first-order valence-corrected chi connectivity index (χ1v) is 10.3. The Kier molecular flexibility index (Phi) is 7.65. The van der Waals surface area contributed by atoms with Crippen molar-refractivity contribution in [1.82, 2.24) is 10.2 Å². The third-order valence-electron chi connectivity index (χ3n) is 4.94. The topological polar surface area (TPSA) is 87.7 Å². The van der Waals surface area contributed by atoms with Crippen LogP contribution in [0.5, 0.6) is 0 Å². The van der Waals surface area contributed by atoms with Crippen LogP contribution in [0.4, 0.5) is 10.5 Å². The molecule has 7 nitrogen and oxygen atoms in total. The van der Waals surface area contributed by atoms with Crippen LogP contribution in [-0.2, 0) is 9.53 Å². The number of likely N-dealkylation sites (tertiary alicyclic amines) is 1. The Bertz CT molecular complexity index is 719. The summed E-state index contributed by atoms with van der Waals surface area (Å²) in [5.41, 5.74) is 0.523. The van der Waals surface area contributed by atoms with E-state index >= 15 is 0 Å². The van der Waals surface area contributed by atoms with Crippen LogP contribution in [0.15, 0.2) is 24.3 Å². The van der Waals surface area contributed by atoms with Gasteiger partial charge in [0, 0.05) is 24.3 Å². The van der Waals surface area contributed by atoms with Crippen molar-refractivity contribution in [2.24, 2.45) is 5.92 Å². The van der Waals surface area contributed by atoms with E-state index in [0.717, 1.165) is 32.4 Å². The Hall–Kier alpha value is -2.57. The van der Waals surface area contributed by atoms with Crippen molar-refractivity contribution in [3.8, 4) is 0 Å². The van der Waals surface area contributed by atoms with Crippen molar-refractivity contribution in [2.75, 3.05) is 18.4 Å².